The minimum atomic E-state index is -1.09. The van der Waals surface area contributed by atoms with E-state index in [9.17, 15) is 4.79 Å². The number of ether oxygens (including phenoxy) is 1. The van der Waals surface area contributed by atoms with Gasteiger partial charge in [0.05, 0.1) is 0 Å². The summed E-state index contributed by atoms with van der Waals surface area (Å²) in [7, 11) is 0. The third kappa shape index (κ3) is 3.24. The number of hydrogen-bond donors (Lipinski definition) is 2. The lowest BCUT2D eigenvalue weighted by molar-refractivity contribution is -0.142. The van der Waals surface area contributed by atoms with E-state index in [1.165, 1.54) is 0 Å². The summed E-state index contributed by atoms with van der Waals surface area (Å²) in [6.45, 7) is 4.33. The van der Waals surface area contributed by atoms with E-state index in [2.05, 4.69) is 0 Å². The molecule has 0 aliphatic carbocycles. The van der Waals surface area contributed by atoms with Crippen LogP contribution >= 0.6 is 0 Å². The Bertz CT molecular complexity index is 464. The Morgan fingerprint density at radius 1 is 1.53 bits per heavy atom. The van der Waals surface area contributed by atoms with Crippen molar-refractivity contribution in [3.63, 3.8) is 0 Å². The second-order valence-electron chi connectivity index (χ2n) is 5.10. The Hall–Kier alpha value is -1.59. The topological polar surface area (TPSA) is 75.8 Å². The maximum absolute atomic E-state index is 11.0. The van der Waals surface area contributed by atoms with Crippen molar-refractivity contribution in [2.75, 3.05) is 26.2 Å². The number of aliphatic carboxylic acids is 1. The number of rotatable bonds is 5. The van der Waals surface area contributed by atoms with Crippen LogP contribution in [0.5, 0.6) is 5.75 Å². The van der Waals surface area contributed by atoms with Gasteiger partial charge in [0, 0.05) is 19.6 Å². The molecule has 1 saturated heterocycles. The Labute approximate surface area is 113 Å². The summed E-state index contributed by atoms with van der Waals surface area (Å²) < 4.78 is 5.70. The average Bonchev–Trinajstić information content (AvgIpc) is 2.75. The lowest BCUT2D eigenvalue weighted by Gasteiger charge is -2.20. The molecule has 104 valence electrons. The molecular weight excluding hydrogens is 244 g/mol. The number of nitrogens with two attached hydrogens (primary N) is 1. The number of carboxylic acids is 1. The van der Waals surface area contributed by atoms with Gasteiger partial charge in [0.15, 0.2) is 0 Å². The highest BCUT2D eigenvalue weighted by molar-refractivity contribution is 5.79. The number of likely N-dealkylation sites (tertiary alicyclic amines) is 1. The number of benzene rings is 1. The second kappa shape index (κ2) is 5.59. The van der Waals surface area contributed by atoms with E-state index >= 15 is 0 Å². The molecule has 19 heavy (non-hydrogen) atoms. The molecule has 1 heterocycles. The van der Waals surface area contributed by atoms with Gasteiger partial charge in [0.2, 0.25) is 0 Å². The lowest BCUT2D eigenvalue weighted by Crippen LogP contribution is -2.50. The third-order valence-electron chi connectivity index (χ3n) is 3.56. The van der Waals surface area contributed by atoms with Gasteiger partial charge in [-0.1, -0.05) is 18.2 Å². The van der Waals surface area contributed by atoms with Crippen molar-refractivity contribution in [3.8, 4) is 5.75 Å². The summed E-state index contributed by atoms with van der Waals surface area (Å²) in [5.41, 5.74) is 5.82. The zero-order valence-corrected chi connectivity index (χ0v) is 11.1. The summed E-state index contributed by atoms with van der Waals surface area (Å²) in [5.74, 6) is -0.0474. The first-order chi connectivity index (χ1) is 9.01. The molecule has 1 aliphatic heterocycles. The van der Waals surface area contributed by atoms with Crippen LogP contribution in [-0.2, 0) is 4.79 Å². The molecule has 1 aliphatic rings. The second-order valence-corrected chi connectivity index (χ2v) is 5.10. The van der Waals surface area contributed by atoms with Gasteiger partial charge >= 0.3 is 5.97 Å². The number of carboxylic acid groups (broad SMARTS) is 1. The number of nitrogens with zero attached hydrogens (tertiary/aromatic N) is 1. The predicted molar refractivity (Wildman–Crippen MR) is 72.3 cm³/mol. The first-order valence-electron chi connectivity index (χ1n) is 6.44. The van der Waals surface area contributed by atoms with Gasteiger partial charge in [-0.15, -0.1) is 0 Å². The Morgan fingerprint density at radius 2 is 2.26 bits per heavy atom. The Balaban J connectivity index is 1.79. The van der Waals surface area contributed by atoms with Gasteiger partial charge in [-0.2, -0.15) is 0 Å². The molecule has 1 aromatic carbocycles. The molecule has 0 radical (unpaired) electrons. The molecule has 5 heteroatoms. The van der Waals surface area contributed by atoms with Crippen molar-refractivity contribution in [2.45, 2.75) is 18.9 Å². The molecule has 1 unspecified atom stereocenters. The number of hydrogen-bond acceptors (Lipinski definition) is 4. The fraction of sp³-hybridized carbons (Fsp3) is 0.500. The predicted octanol–water partition coefficient (Wildman–Crippen LogP) is 0.862. The largest absolute Gasteiger partial charge is 0.492 e. The van der Waals surface area contributed by atoms with Crippen molar-refractivity contribution in [1.82, 2.24) is 4.90 Å². The van der Waals surface area contributed by atoms with E-state index < -0.39 is 11.5 Å². The molecule has 0 bridgehead atoms. The van der Waals surface area contributed by atoms with Crippen molar-refractivity contribution >= 4 is 5.97 Å². The Morgan fingerprint density at radius 3 is 2.89 bits per heavy atom. The molecule has 0 saturated carbocycles. The standard InChI is InChI=1S/C14H20N2O3/c1-11-4-2-3-5-12(11)19-9-8-16-7-6-14(15,10-16)13(17)18/h2-5H,6-10,15H2,1H3,(H,17,18). The molecule has 2 rings (SSSR count). The van der Waals surface area contributed by atoms with Crippen LogP contribution in [0.25, 0.3) is 0 Å². The van der Waals surface area contributed by atoms with Gasteiger partial charge in [0.1, 0.15) is 17.9 Å². The van der Waals surface area contributed by atoms with Crippen LogP contribution in [0.1, 0.15) is 12.0 Å². The molecule has 1 atom stereocenters. The monoisotopic (exact) mass is 264 g/mol. The van der Waals surface area contributed by atoms with Gasteiger partial charge in [-0.3, -0.25) is 9.69 Å². The normalized spacial score (nSPS) is 23.5. The maximum Gasteiger partial charge on any atom is 0.325 e. The highest BCUT2D eigenvalue weighted by Crippen LogP contribution is 2.19. The van der Waals surface area contributed by atoms with E-state index in [0.29, 0.717) is 32.7 Å². The van der Waals surface area contributed by atoms with Crippen LogP contribution in [0.15, 0.2) is 24.3 Å². The van der Waals surface area contributed by atoms with Gasteiger partial charge in [-0.25, -0.2) is 0 Å². The van der Waals surface area contributed by atoms with E-state index in [1.54, 1.807) is 0 Å². The highest BCUT2D eigenvalue weighted by atomic mass is 16.5. The fourth-order valence-corrected chi connectivity index (χ4v) is 2.28. The molecule has 3 N–H and O–H groups in total. The Kier molecular flexibility index (Phi) is 4.07. The summed E-state index contributed by atoms with van der Waals surface area (Å²) in [5, 5.41) is 9.05. The summed E-state index contributed by atoms with van der Waals surface area (Å²) in [4.78, 5) is 13.1. The molecule has 5 nitrogen and oxygen atoms in total. The molecular formula is C14H20N2O3. The van der Waals surface area contributed by atoms with Crippen molar-refractivity contribution in [1.29, 1.82) is 0 Å². The average molecular weight is 264 g/mol. The van der Waals surface area contributed by atoms with E-state index in [4.69, 9.17) is 15.6 Å². The summed E-state index contributed by atoms with van der Waals surface area (Å²) in [6, 6.07) is 7.84. The van der Waals surface area contributed by atoms with Crippen molar-refractivity contribution in [3.05, 3.63) is 29.8 Å². The SMILES string of the molecule is Cc1ccccc1OCCN1CCC(N)(C(=O)O)C1. The van der Waals surface area contributed by atoms with E-state index in [1.807, 2.05) is 36.1 Å². The van der Waals surface area contributed by atoms with Crippen molar-refractivity contribution in [2.24, 2.45) is 5.73 Å². The third-order valence-corrected chi connectivity index (χ3v) is 3.56. The maximum atomic E-state index is 11.0. The smallest absolute Gasteiger partial charge is 0.325 e. The van der Waals surface area contributed by atoms with Crippen LogP contribution in [0.2, 0.25) is 0 Å². The van der Waals surface area contributed by atoms with Crippen LogP contribution in [0.4, 0.5) is 0 Å². The first kappa shape index (κ1) is 13.8. The van der Waals surface area contributed by atoms with Crippen LogP contribution < -0.4 is 10.5 Å². The number of para-hydroxylation sites is 1. The lowest BCUT2D eigenvalue weighted by atomic mass is 10.0. The van der Waals surface area contributed by atoms with Crippen molar-refractivity contribution < 1.29 is 14.6 Å². The molecule has 1 aromatic rings. The quantitative estimate of drug-likeness (QED) is 0.825. The highest BCUT2D eigenvalue weighted by Gasteiger charge is 2.40. The molecule has 0 aromatic heterocycles. The molecule has 0 amide bonds. The zero-order valence-electron chi connectivity index (χ0n) is 11.1. The van der Waals surface area contributed by atoms with E-state index in [0.717, 1.165) is 11.3 Å². The van der Waals surface area contributed by atoms with Crippen LogP contribution in [0, 0.1) is 6.92 Å². The molecule has 1 fully saturated rings. The minimum Gasteiger partial charge on any atom is -0.492 e. The minimum absolute atomic E-state index is 0.388. The van der Waals surface area contributed by atoms with Gasteiger partial charge in [0.25, 0.3) is 0 Å². The summed E-state index contributed by atoms with van der Waals surface area (Å²) in [6.07, 6.45) is 0.493. The fourth-order valence-electron chi connectivity index (χ4n) is 2.28. The van der Waals surface area contributed by atoms with Gasteiger partial charge in [-0.05, 0) is 25.0 Å². The zero-order chi connectivity index (χ0) is 13.9. The van der Waals surface area contributed by atoms with Gasteiger partial charge < -0.3 is 15.6 Å². The number of aryl methyl sites for hydroxylation is 1. The van der Waals surface area contributed by atoms with E-state index in [-0.39, 0.29) is 0 Å². The van der Waals surface area contributed by atoms with Crippen LogP contribution in [0.3, 0.4) is 0 Å². The summed E-state index contributed by atoms with van der Waals surface area (Å²) >= 11 is 0. The number of carbonyl (C=O) groups is 1. The molecule has 0 spiro atoms. The first-order valence-corrected chi connectivity index (χ1v) is 6.44. The van der Waals surface area contributed by atoms with Crippen LogP contribution in [-0.4, -0.2) is 47.8 Å².